The second kappa shape index (κ2) is 8.87. The van der Waals surface area contributed by atoms with E-state index in [9.17, 15) is 9.59 Å². The van der Waals surface area contributed by atoms with Crippen LogP contribution in [0.3, 0.4) is 0 Å². The summed E-state index contributed by atoms with van der Waals surface area (Å²) in [5, 5.41) is 5.60. The number of hydrogen-bond donors (Lipinski definition) is 2. The van der Waals surface area contributed by atoms with E-state index in [0.29, 0.717) is 13.0 Å². The Bertz CT molecular complexity index is 707. The summed E-state index contributed by atoms with van der Waals surface area (Å²) in [6.45, 7) is 5.90. The summed E-state index contributed by atoms with van der Waals surface area (Å²) in [7, 11) is 0. The number of carbonyl (C=O) groups is 2. The Balaban J connectivity index is 1.81. The van der Waals surface area contributed by atoms with E-state index in [1.165, 1.54) is 6.92 Å². The molecule has 0 saturated carbocycles. The van der Waals surface area contributed by atoms with Gasteiger partial charge in [0, 0.05) is 19.2 Å². The van der Waals surface area contributed by atoms with Gasteiger partial charge in [-0.1, -0.05) is 24.3 Å². The minimum atomic E-state index is -0.115. The Morgan fingerprint density at radius 3 is 2.12 bits per heavy atom. The normalized spacial score (nSPS) is 10.4. The molecule has 0 unspecified atom stereocenters. The van der Waals surface area contributed by atoms with Gasteiger partial charge in [-0.3, -0.25) is 9.59 Å². The molecule has 2 aromatic carbocycles. The number of hydrogen-bond acceptors (Lipinski definition) is 3. The van der Waals surface area contributed by atoms with Crippen molar-refractivity contribution in [3.8, 4) is 5.75 Å². The number of rotatable bonds is 7. The average molecular weight is 340 g/mol. The highest BCUT2D eigenvalue weighted by Crippen LogP contribution is 2.14. The van der Waals surface area contributed by atoms with E-state index in [2.05, 4.69) is 10.6 Å². The molecule has 0 radical (unpaired) electrons. The lowest BCUT2D eigenvalue weighted by Crippen LogP contribution is -2.24. The van der Waals surface area contributed by atoms with E-state index >= 15 is 0 Å². The Morgan fingerprint density at radius 1 is 0.960 bits per heavy atom. The molecule has 0 aliphatic carbocycles. The highest BCUT2D eigenvalue weighted by atomic mass is 16.5. The van der Waals surface area contributed by atoms with Crippen LogP contribution in [0.1, 0.15) is 31.9 Å². The molecule has 0 fully saturated rings. The van der Waals surface area contributed by atoms with Gasteiger partial charge in [0.05, 0.1) is 12.5 Å². The van der Waals surface area contributed by atoms with Gasteiger partial charge in [0.1, 0.15) is 5.75 Å². The van der Waals surface area contributed by atoms with Crippen LogP contribution in [0.4, 0.5) is 5.69 Å². The second-order valence-corrected chi connectivity index (χ2v) is 6.14. The van der Waals surface area contributed by atoms with Crippen LogP contribution in [0.2, 0.25) is 0 Å². The second-order valence-electron chi connectivity index (χ2n) is 6.14. The quantitative estimate of drug-likeness (QED) is 0.813. The van der Waals surface area contributed by atoms with Gasteiger partial charge >= 0.3 is 0 Å². The molecule has 0 aromatic heterocycles. The molecule has 25 heavy (non-hydrogen) atoms. The third-order valence-electron chi connectivity index (χ3n) is 3.42. The molecule has 5 heteroatoms. The molecule has 0 bridgehead atoms. The van der Waals surface area contributed by atoms with Crippen molar-refractivity contribution in [2.45, 2.75) is 39.8 Å². The third kappa shape index (κ3) is 6.67. The first-order valence-corrected chi connectivity index (χ1v) is 8.31. The predicted molar refractivity (Wildman–Crippen MR) is 98.5 cm³/mol. The average Bonchev–Trinajstić information content (AvgIpc) is 2.55. The van der Waals surface area contributed by atoms with Crippen LogP contribution in [0.5, 0.6) is 5.75 Å². The van der Waals surface area contributed by atoms with Crippen LogP contribution in [-0.4, -0.2) is 17.9 Å². The maximum Gasteiger partial charge on any atom is 0.224 e. The fraction of sp³-hybridized carbons (Fsp3) is 0.300. The van der Waals surface area contributed by atoms with Gasteiger partial charge in [-0.2, -0.15) is 0 Å². The summed E-state index contributed by atoms with van der Waals surface area (Å²) >= 11 is 0. The Morgan fingerprint density at radius 2 is 1.56 bits per heavy atom. The van der Waals surface area contributed by atoms with Gasteiger partial charge < -0.3 is 15.4 Å². The first-order chi connectivity index (χ1) is 11.9. The van der Waals surface area contributed by atoms with Crippen molar-refractivity contribution < 1.29 is 14.3 Å². The number of anilines is 1. The fourth-order valence-electron chi connectivity index (χ4n) is 2.32. The van der Waals surface area contributed by atoms with Crippen LogP contribution in [-0.2, 0) is 22.6 Å². The molecular weight excluding hydrogens is 316 g/mol. The van der Waals surface area contributed by atoms with E-state index in [0.717, 1.165) is 22.6 Å². The van der Waals surface area contributed by atoms with Gasteiger partial charge in [-0.05, 0) is 49.2 Å². The molecule has 132 valence electrons. The van der Waals surface area contributed by atoms with Crippen LogP contribution < -0.4 is 15.4 Å². The van der Waals surface area contributed by atoms with Crippen LogP contribution in [0.25, 0.3) is 0 Å². The first-order valence-electron chi connectivity index (χ1n) is 8.31. The minimum absolute atomic E-state index is 0.0465. The summed E-state index contributed by atoms with van der Waals surface area (Å²) in [5.74, 6) is 0.662. The highest BCUT2D eigenvalue weighted by Gasteiger charge is 2.05. The van der Waals surface area contributed by atoms with Crippen molar-refractivity contribution >= 4 is 17.5 Å². The number of carbonyl (C=O) groups excluding carboxylic acids is 2. The fourth-order valence-corrected chi connectivity index (χ4v) is 2.32. The molecule has 2 amide bonds. The van der Waals surface area contributed by atoms with Crippen molar-refractivity contribution in [3.63, 3.8) is 0 Å². The highest BCUT2D eigenvalue weighted by molar-refractivity contribution is 5.88. The molecule has 2 N–H and O–H groups in total. The lowest BCUT2D eigenvalue weighted by molar-refractivity contribution is -0.120. The number of nitrogens with one attached hydrogen (secondary N) is 2. The van der Waals surface area contributed by atoms with E-state index in [4.69, 9.17) is 4.74 Å². The Hall–Kier alpha value is -2.82. The molecule has 2 rings (SSSR count). The van der Waals surface area contributed by atoms with Gasteiger partial charge in [0.25, 0.3) is 0 Å². The standard InChI is InChI=1S/C20H24N2O3/c1-14(2)25-19-10-6-17(7-11-19)13-21-20(24)12-16-4-8-18(9-5-16)22-15(3)23/h4-11,14H,12-13H2,1-3H3,(H,21,24)(H,22,23). The maximum absolute atomic E-state index is 12.1. The molecule has 5 nitrogen and oxygen atoms in total. The Labute approximate surface area is 148 Å². The van der Waals surface area contributed by atoms with E-state index < -0.39 is 0 Å². The van der Waals surface area contributed by atoms with Gasteiger partial charge in [-0.25, -0.2) is 0 Å². The lowest BCUT2D eigenvalue weighted by Gasteiger charge is -2.10. The van der Waals surface area contributed by atoms with Gasteiger partial charge in [0.2, 0.25) is 11.8 Å². The lowest BCUT2D eigenvalue weighted by atomic mass is 10.1. The van der Waals surface area contributed by atoms with Crippen LogP contribution >= 0.6 is 0 Å². The minimum Gasteiger partial charge on any atom is -0.491 e. The van der Waals surface area contributed by atoms with Crippen molar-refractivity contribution in [2.24, 2.45) is 0 Å². The monoisotopic (exact) mass is 340 g/mol. The van der Waals surface area contributed by atoms with Crippen LogP contribution in [0.15, 0.2) is 48.5 Å². The molecule has 0 heterocycles. The van der Waals surface area contributed by atoms with Crippen molar-refractivity contribution in [1.29, 1.82) is 0 Å². The van der Waals surface area contributed by atoms with Gasteiger partial charge in [-0.15, -0.1) is 0 Å². The topological polar surface area (TPSA) is 67.4 Å². The molecule has 0 saturated heterocycles. The zero-order chi connectivity index (χ0) is 18.2. The SMILES string of the molecule is CC(=O)Nc1ccc(CC(=O)NCc2ccc(OC(C)C)cc2)cc1. The number of amides is 2. The molecule has 2 aromatic rings. The first kappa shape index (κ1) is 18.5. The van der Waals surface area contributed by atoms with E-state index in [-0.39, 0.29) is 17.9 Å². The zero-order valence-corrected chi connectivity index (χ0v) is 14.8. The van der Waals surface area contributed by atoms with Crippen molar-refractivity contribution in [2.75, 3.05) is 5.32 Å². The predicted octanol–water partition coefficient (Wildman–Crippen LogP) is 3.29. The van der Waals surface area contributed by atoms with E-state index in [1.807, 2.05) is 50.2 Å². The molecule has 0 atom stereocenters. The summed E-state index contributed by atoms with van der Waals surface area (Å²) in [5.41, 5.74) is 2.64. The number of benzene rings is 2. The smallest absolute Gasteiger partial charge is 0.224 e. The number of ether oxygens (including phenoxy) is 1. The summed E-state index contributed by atoms with van der Waals surface area (Å²) in [6, 6.07) is 15.0. The van der Waals surface area contributed by atoms with E-state index in [1.54, 1.807) is 12.1 Å². The van der Waals surface area contributed by atoms with Crippen LogP contribution in [0, 0.1) is 0 Å². The largest absolute Gasteiger partial charge is 0.491 e. The Kier molecular flexibility index (Phi) is 6.57. The summed E-state index contributed by atoms with van der Waals surface area (Å²) in [4.78, 5) is 23.0. The maximum atomic E-state index is 12.1. The molecule has 0 aliphatic rings. The molecule has 0 aliphatic heterocycles. The molecular formula is C20H24N2O3. The third-order valence-corrected chi connectivity index (χ3v) is 3.42. The molecule has 0 spiro atoms. The zero-order valence-electron chi connectivity index (χ0n) is 14.8. The van der Waals surface area contributed by atoms with Crippen molar-refractivity contribution in [3.05, 3.63) is 59.7 Å². The summed E-state index contributed by atoms with van der Waals surface area (Å²) < 4.78 is 5.59. The summed E-state index contributed by atoms with van der Waals surface area (Å²) in [6.07, 6.45) is 0.442. The van der Waals surface area contributed by atoms with Crippen molar-refractivity contribution in [1.82, 2.24) is 5.32 Å². The van der Waals surface area contributed by atoms with Gasteiger partial charge in [0.15, 0.2) is 0 Å².